The molecule has 0 saturated carbocycles. The Morgan fingerprint density at radius 2 is 1.39 bits per heavy atom. The summed E-state index contributed by atoms with van der Waals surface area (Å²) in [7, 11) is 0. The standard InChI is InChI=1S/C29H47N2O5/c1-6-8-10-12-14-16-22-29(5)28(3,4)30(33)27(31(29)34)36-26(32)24-18-20-25(21-19-24)35-23-17-15-13-11-9-7-2/h18-21H,6-17,22-23H2,1-5H3/t29-/m1/s1. The second kappa shape index (κ2) is 14.5. The van der Waals surface area contributed by atoms with Gasteiger partial charge in [0.1, 0.15) is 5.75 Å². The van der Waals surface area contributed by atoms with Gasteiger partial charge in [0.2, 0.25) is 0 Å². The SMILES string of the molecule is CCCCCCCCOc1ccc(C(=O)OC2=[N+]([O-])[C@](C)(CCCCCCCC)C(C)(C)N2[O])cc1. The van der Waals surface area contributed by atoms with Crippen LogP contribution in [-0.2, 0) is 9.94 Å². The molecule has 1 aromatic rings. The number of hydrogen-bond acceptors (Lipinski definition) is 5. The van der Waals surface area contributed by atoms with Gasteiger partial charge < -0.3 is 14.7 Å². The zero-order valence-corrected chi connectivity index (χ0v) is 23.1. The minimum Gasteiger partial charge on any atom is -0.712 e. The van der Waals surface area contributed by atoms with Crippen LogP contribution in [0.15, 0.2) is 24.3 Å². The van der Waals surface area contributed by atoms with Crippen LogP contribution < -0.4 is 4.74 Å². The van der Waals surface area contributed by atoms with Crippen LogP contribution in [-0.4, -0.2) is 39.5 Å². The van der Waals surface area contributed by atoms with E-state index in [1.54, 1.807) is 45.0 Å². The van der Waals surface area contributed by atoms with Crippen LogP contribution in [0.3, 0.4) is 0 Å². The van der Waals surface area contributed by atoms with Crippen molar-refractivity contribution in [2.45, 2.75) is 129 Å². The molecule has 2 rings (SSSR count). The Morgan fingerprint density at radius 1 is 0.861 bits per heavy atom. The van der Waals surface area contributed by atoms with Gasteiger partial charge in [0, 0.05) is 5.21 Å². The molecule has 7 nitrogen and oxygen atoms in total. The van der Waals surface area contributed by atoms with Crippen molar-refractivity contribution in [3.05, 3.63) is 35.0 Å². The lowest BCUT2D eigenvalue weighted by Gasteiger charge is -2.35. The fourth-order valence-electron chi connectivity index (χ4n) is 4.64. The molecule has 0 amide bonds. The third kappa shape index (κ3) is 7.61. The topological polar surface area (TPSA) is 84.7 Å². The highest BCUT2D eigenvalue weighted by molar-refractivity contribution is 5.96. The van der Waals surface area contributed by atoms with E-state index in [-0.39, 0.29) is 5.56 Å². The highest BCUT2D eigenvalue weighted by Gasteiger charge is 2.63. The molecular weight excluding hydrogens is 456 g/mol. The van der Waals surface area contributed by atoms with Gasteiger partial charge in [-0.3, -0.25) is 0 Å². The Labute approximate surface area is 218 Å². The molecule has 0 fully saturated rings. The van der Waals surface area contributed by atoms with Gasteiger partial charge in [-0.25, -0.2) is 9.53 Å². The van der Waals surface area contributed by atoms with Crippen molar-refractivity contribution in [3.63, 3.8) is 0 Å². The van der Waals surface area contributed by atoms with E-state index in [1.807, 2.05) is 0 Å². The van der Waals surface area contributed by atoms with Gasteiger partial charge in [-0.1, -0.05) is 78.1 Å². The van der Waals surface area contributed by atoms with Gasteiger partial charge in [0.15, 0.2) is 11.1 Å². The summed E-state index contributed by atoms with van der Waals surface area (Å²) in [6.45, 7) is 10.3. The maximum absolute atomic E-state index is 13.2. The Kier molecular flexibility index (Phi) is 12.0. The molecule has 0 aliphatic carbocycles. The van der Waals surface area contributed by atoms with Crippen molar-refractivity contribution >= 4 is 12.0 Å². The van der Waals surface area contributed by atoms with Crippen LogP contribution >= 0.6 is 0 Å². The number of carbonyl (C=O) groups is 1. The van der Waals surface area contributed by atoms with E-state index in [2.05, 4.69) is 13.8 Å². The normalized spacial score (nSPS) is 19.1. The van der Waals surface area contributed by atoms with Crippen molar-refractivity contribution in [2.75, 3.05) is 6.61 Å². The summed E-state index contributed by atoms with van der Waals surface area (Å²) in [5.41, 5.74) is -1.75. The monoisotopic (exact) mass is 503 g/mol. The van der Waals surface area contributed by atoms with Gasteiger partial charge in [0.05, 0.1) is 12.2 Å². The summed E-state index contributed by atoms with van der Waals surface area (Å²) in [4.78, 5) is 12.8. The molecule has 203 valence electrons. The number of amidine groups is 1. The molecule has 1 atom stereocenters. The van der Waals surface area contributed by atoms with E-state index in [0.29, 0.717) is 28.6 Å². The molecule has 1 aliphatic heterocycles. The quantitative estimate of drug-likeness (QED) is 0.102. The smallest absolute Gasteiger partial charge is 0.492 e. The van der Waals surface area contributed by atoms with Crippen molar-refractivity contribution in [1.29, 1.82) is 0 Å². The number of rotatable bonds is 16. The fourth-order valence-corrected chi connectivity index (χ4v) is 4.64. The minimum absolute atomic E-state index is 0.263. The third-order valence-corrected chi connectivity index (χ3v) is 7.68. The molecular formula is C29H47N2O5. The third-order valence-electron chi connectivity index (χ3n) is 7.68. The molecule has 0 spiro atoms. The summed E-state index contributed by atoms with van der Waals surface area (Å²) in [6.07, 6.45) is 14.3. The van der Waals surface area contributed by atoms with Crippen LogP contribution in [0.1, 0.15) is 128 Å². The number of ether oxygens (including phenoxy) is 2. The Hall–Kier alpha value is -2.28. The van der Waals surface area contributed by atoms with E-state index in [0.717, 1.165) is 32.1 Å². The number of benzene rings is 1. The first-order chi connectivity index (χ1) is 17.2. The lowest BCUT2D eigenvalue weighted by atomic mass is 9.78. The lowest BCUT2D eigenvalue weighted by Crippen LogP contribution is -2.55. The molecule has 1 aromatic carbocycles. The van der Waals surface area contributed by atoms with Crippen LogP contribution in [0.5, 0.6) is 5.75 Å². The lowest BCUT2D eigenvalue weighted by molar-refractivity contribution is -0.552. The fraction of sp³-hybridized carbons (Fsp3) is 0.724. The molecule has 1 radical (unpaired) electrons. The van der Waals surface area contributed by atoms with Crippen molar-refractivity contribution in [1.82, 2.24) is 5.06 Å². The van der Waals surface area contributed by atoms with Crippen molar-refractivity contribution in [2.24, 2.45) is 0 Å². The first-order valence-corrected chi connectivity index (χ1v) is 14.0. The largest absolute Gasteiger partial charge is 0.712 e. The first-order valence-electron chi connectivity index (χ1n) is 14.0. The number of unbranched alkanes of at least 4 members (excludes halogenated alkanes) is 10. The van der Waals surface area contributed by atoms with Crippen LogP contribution in [0.2, 0.25) is 0 Å². The van der Waals surface area contributed by atoms with Crippen LogP contribution in [0, 0.1) is 5.21 Å². The van der Waals surface area contributed by atoms with E-state index in [9.17, 15) is 15.2 Å². The number of hydrogen-bond donors (Lipinski definition) is 0. The average molecular weight is 504 g/mol. The molecule has 36 heavy (non-hydrogen) atoms. The van der Waals surface area contributed by atoms with Gasteiger partial charge >= 0.3 is 12.0 Å². The second-order valence-corrected chi connectivity index (χ2v) is 10.8. The van der Waals surface area contributed by atoms with E-state index >= 15 is 0 Å². The predicted molar refractivity (Wildman–Crippen MR) is 142 cm³/mol. The summed E-state index contributed by atoms with van der Waals surface area (Å²) in [5, 5.41) is 26.8. The van der Waals surface area contributed by atoms with Gasteiger partial charge in [-0.2, -0.15) is 0 Å². The second-order valence-electron chi connectivity index (χ2n) is 10.8. The van der Waals surface area contributed by atoms with Crippen LogP contribution in [0.4, 0.5) is 0 Å². The van der Waals surface area contributed by atoms with Gasteiger partial charge in [0.25, 0.3) is 0 Å². The Morgan fingerprint density at radius 3 is 1.97 bits per heavy atom. The molecule has 0 bridgehead atoms. The Balaban J connectivity index is 1.93. The highest BCUT2D eigenvalue weighted by Crippen LogP contribution is 2.40. The summed E-state index contributed by atoms with van der Waals surface area (Å²) < 4.78 is 11.7. The highest BCUT2D eigenvalue weighted by atomic mass is 16.7. The van der Waals surface area contributed by atoms with E-state index < -0.39 is 23.1 Å². The molecule has 0 N–H and O–H groups in total. The summed E-state index contributed by atoms with van der Waals surface area (Å²) in [6, 6.07) is 6.13. The molecule has 0 aromatic heterocycles. The van der Waals surface area contributed by atoms with E-state index in [1.165, 1.54) is 44.9 Å². The van der Waals surface area contributed by atoms with Gasteiger partial charge in [-0.05, 0) is 69.4 Å². The molecule has 1 aliphatic rings. The number of hydroxylamine groups is 3. The summed E-state index contributed by atoms with van der Waals surface area (Å²) >= 11 is 0. The average Bonchev–Trinajstić information content (AvgIpc) is 2.99. The number of carbonyl (C=O) groups excluding carboxylic acids is 1. The molecule has 0 unspecified atom stereocenters. The first kappa shape index (κ1) is 29.9. The number of esters is 1. The maximum atomic E-state index is 13.2. The molecule has 1 heterocycles. The van der Waals surface area contributed by atoms with Crippen LogP contribution in [0.25, 0.3) is 0 Å². The Bertz CT molecular complexity index is 837. The maximum Gasteiger partial charge on any atom is 0.492 e. The van der Waals surface area contributed by atoms with E-state index in [4.69, 9.17) is 9.47 Å². The van der Waals surface area contributed by atoms with Crippen molar-refractivity contribution in [3.8, 4) is 5.75 Å². The molecule has 0 saturated heterocycles. The summed E-state index contributed by atoms with van der Waals surface area (Å²) in [5.74, 6) is -0.0500. The molecule has 7 heteroatoms. The predicted octanol–water partition coefficient (Wildman–Crippen LogP) is 7.40. The zero-order chi connectivity index (χ0) is 26.6. The van der Waals surface area contributed by atoms with Gasteiger partial charge in [-0.15, -0.1) is 0 Å². The number of nitrogens with zero attached hydrogens (tertiary/aromatic N) is 2. The minimum atomic E-state index is -1.03. The zero-order valence-electron chi connectivity index (χ0n) is 23.1. The van der Waals surface area contributed by atoms with Crippen molar-refractivity contribution < 1.29 is 24.2 Å².